The molecule has 0 saturated heterocycles. The van der Waals surface area contributed by atoms with Crippen molar-refractivity contribution in [2.45, 2.75) is 51.5 Å². The normalized spacial score (nSPS) is 22.2. The van der Waals surface area contributed by atoms with E-state index < -0.39 is 0 Å². The van der Waals surface area contributed by atoms with Crippen molar-refractivity contribution in [1.29, 1.82) is 0 Å². The van der Waals surface area contributed by atoms with Crippen molar-refractivity contribution < 1.29 is 4.79 Å². The summed E-state index contributed by atoms with van der Waals surface area (Å²) in [5, 5.41) is 6.46. The third-order valence-corrected chi connectivity index (χ3v) is 4.23. The van der Waals surface area contributed by atoms with Crippen molar-refractivity contribution in [3.05, 3.63) is 35.9 Å². The molecule has 0 aliphatic heterocycles. The molecule has 2 unspecified atom stereocenters. The van der Waals surface area contributed by atoms with Crippen molar-refractivity contribution >= 4 is 5.91 Å². The molecule has 0 radical (unpaired) electrons. The van der Waals surface area contributed by atoms with Gasteiger partial charge in [0.2, 0.25) is 5.91 Å². The summed E-state index contributed by atoms with van der Waals surface area (Å²) in [5.74, 6) is 1.15. The zero-order valence-corrected chi connectivity index (χ0v) is 13.3. The van der Waals surface area contributed by atoms with Crippen LogP contribution in [0.3, 0.4) is 0 Å². The second-order valence-electron chi connectivity index (χ2n) is 6.49. The lowest BCUT2D eigenvalue weighted by atomic mass is 9.80. The maximum Gasteiger partial charge on any atom is 0.233 e. The Morgan fingerprint density at radius 2 is 1.90 bits per heavy atom. The molecule has 1 aromatic rings. The highest BCUT2D eigenvalue weighted by atomic mass is 16.1. The maximum atomic E-state index is 11.9. The summed E-state index contributed by atoms with van der Waals surface area (Å²) in [5.41, 5.74) is 1.40. The van der Waals surface area contributed by atoms with E-state index >= 15 is 0 Å². The molecule has 116 valence electrons. The first-order chi connectivity index (χ1) is 10.2. The van der Waals surface area contributed by atoms with Gasteiger partial charge in [0.15, 0.2) is 0 Å². The Labute approximate surface area is 128 Å². The fourth-order valence-corrected chi connectivity index (χ4v) is 3.08. The first kappa shape index (κ1) is 16.0. The maximum absolute atomic E-state index is 11.9. The summed E-state index contributed by atoms with van der Waals surface area (Å²) in [6.45, 7) is 5.41. The van der Waals surface area contributed by atoms with Crippen LogP contribution in [0.25, 0.3) is 0 Å². The van der Waals surface area contributed by atoms with Gasteiger partial charge in [-0.2, -0.15) is 0 Å². The molecule has 3 heteroatoms. The monoisotopic (exact) mass is 288 g/mol. The smallest absolute Gasteiger partial charge is 0.233 e. The Bertz CT molecular complexity index is 430. The van der Waals surface area contributed by atoms with E-state index in [0.717, 1.165) is 13.0 Å². The van der Waals surface area contributed by atoms with Gasteiger partial charge >= 0.3 is 0 Å². The highest BCUT2D eigenvalue weighted by Crippen LogP contribution is 2.32. The van der Waals surface area contributed by atoms with E-state index in [9.17, 15) is 4.79 Å². The predicted molar refractivity (Wildman–Crippen MR) is 87.3 cm³/mol. The molecule has 1 saturated carbocycles. The predicted octanol–water partition coefficient (Wildman–Crippen LogP) is 3.07. The SMILES string of the molecule is CC(C)CNC(=O)CNC1CCCCC1c1ccccc1. The first-order valence-corrected chi connectivity index (χ1v) is 8.22. The molecule has 0 spiro atoms. The van der Waals surface area contributed by atoms with Crippen LogP contribution < -0.4 is 10.6 Å². The number of hydrogen-bond acceptors (Lipinski definition) is 2. The fraction of sp³-hybridized carbons (Fsp3) is 0.611. The minimum Gasteiger partial charge on any atom is -0.355 e. The largest absolute Gasteiger partial charge is 0.355 e. The van der Waals surface area contributed by atoms with Crippen LogP contribution in [0, 0.1) is 5.92 Å². The summed E-state index contributed by atoms with van der Waals surface area (Å²) in [7, 11) is 0. The van der Waals surface area contributed by atoms with Crippen LogP contribution in [0.5, 0.6) is 0 Å². The number of carbonyl (C=O) groups excluding carboxylic acids is 1. The van der Waals surface area contributed by atoms with E-state index in [-0.39, 0.29) is 5.91 Å². The zero-order valence-electron chi connectivity index (χ0n) is 13.3. The zero-order chi connectivity index (χ0) is 15.1. The Morgan fingerprint density at radius 3 is 2.62 bits per heavy atom. The number of rotatable bonds is 6. The van der Waals surface area contributed by atoms with Crippen LogP contribution in [-0.2, 0) is 4.79 Å². The van der Waals surface area contributed by atoms with Gasteiger partial charge in [0, 0.05) is 12.6 Å². The molecule has 3 nitrogen and oxygen atoms in total. The standard InChI is InChI=1S/C18H28N2O/c1-14(2)12-20-18(21)13-19-17-11-7-6-10-16(17)15-8-4-3-5-9-15/h3-5,8-9,14,16-17,19H,6-7,10-13H2,1-2H3,(H,20,21). The molecule has 2 N–H and O–H groups in total. The van der Waals surface area contributed by atoms with E-state index in [1.54, 1.807) is 0 Å². The molecule has 2 atom stereocenters. The quantitative estimate of drug-likeness (QED) is 0.844. The van der Waals surface area contributed by atoms with E-state index in [1.165, 1.54) is 24.8 Å². The van der Waals surface area contributed by atoms with Gasteiger partial charge in [-0.1, -0.05) is 57.0 Å². The van der Waals surface area contributed by atoms with Crippen LogP contribution >= 0.6 is 0 Å². The third-order valence-electron chi connectivity index (χ3n) is 4.23. The van der Waals surface area contributed by atoms with E-state index in [4.69, 9.17) is 0 Å². The summed E-state index contributed by atoms with van der Waals surface area (Å²) in [6, 6.07) is 11.1. The summed E-state index contributed by atoms with van der Waals surface area (Å²) < 4.78 is 0. The Hall–Kier alpha value is -1.35. The lowest BCUT2D eigenvalue weighted by Crippen LogP contribution is -2.43. The van der Waals surface area contributed by atoms with Crippen molar-refractivity contribution in [1.82, 2.24) is 10.6 Å². The van der Waals surface area contributed by atoms with Gasteiger partial charge in [-0.05, 0) is 30.2 Å². The molecular formula is C18H28N2O. The minimum absolute atomic E-state index is 0.112. The Balaban J connectivity index is 1.86. The topological polar surface area (TPSA) is 41.1 Å². The number of carbonyl (C=O) groups is 1. The van der Waals surface area contributed by atoms with Crippen molar-refractivity contribution in [2.24, 2.45) is 5.92 Å². The van der Waals surface area contributed by atoms with Crippen molar-refractivity contribution in [3.63, 3.8) is 0 Å². The Kier molecular flexibility index (Phi) is 6.24. The van der Waals surface area contributed by atoms with E-state index in [2.05, 4.69) is 54.8 Å². The number of nitrogens with one attached hydrogen (secondary N) is 2. The molecule has 0 bridgehead atoms. The van der Waals surface area contributed by atoms with Gasteiger partial charge in [-0.25, -0.2) is 0 Å². The molecule has 1 fully saturated rings. The summed E-state index contributed by atoms with van der Waals surface area (Å²) in [6.07, 6.45) is 4.93. The summed E-state index contributed by atoms with van der Waals surface area (Å²) in [4.78, 5) is 11.9. The Morgan fingerprint density at radius 1 is 1.19 bits per heavy atom. The van der Waals surface area contributed by atoms with Crippen LogP contribution in [0.4, 0.5) is 0 Å². The van der Waals surface area contributed by atoms with Gasteiger partial charge in [0.05, 0.1) is 6.54 Å². The van der Waals surface area contributed by atoms with Gasteiger partial charge in [-0.3, -0.25) is 4.79 Å². The second-order valence-corrected chi connectivity index (χ2v) is 6.49. The highest BCUT2D eigenvalue weighted by Gasteiger charge is 2.26. The molecule has 1 aromatic carbocycles. The number of amides is 1. The number of hydrogen-bond donors (Lipinski definition) is 2. The van der Waals surface area contributed by atoms with Gasteiger partial charge in [0.1, 0.15) is 0 Å². The van der Waals surface area contributed by atoms with Gasteiger partial charge in [0.25, 0.3) is 0 Å². The van der Waals surface area contributed by atoms with Crippen molar-refractivity contribution in [2.75, 3.05) is 13.1 Å². The fourth-order valence-electron chi connectivity index (χ4n) is 3.08. The molecular weight excluding hydrogens is 260 g/mol. The average molecular weight is 288 g/mol. The minimum atomic E-state index is 0.112. The molecule has 0 heterocycles. The van der Waals surface area contributed by atoms with Gasteiger partial charge in [-0.15, -0.1) is 0 Å². The van der Waals surface area contributed by atoms with Crippen molar-refractivity contribution in [3.8, 4) is 0 Å². The van der Waals surface area contributed by atoms with Crippen LogP contribution in [-0.4, -0.2) is 25.0 Å². The second kappa shape index (κ2) is 8.18. The third kappa shape index (κ3) is 5.16. The van der Waals surface area contributed by atoms with E-state index in [0.29, 0.717) is 24.4 Å². The van der Waals surface area contributed by atoms with Crippen LogP contribution in [0.1, 0.15) is 51.0 Å². The van der Waals surface area contributed by atoms with Gasteiger partial charge < -0.3 is 10.6 Å². The highest BCUT2D eigenvalue weighted by molar-refractivity contribution is 5.78. The van der Waals surface area contributed by atoms with Crippen LogP contribution in [0.2, 0.25) is 0 Å². The first-order valence-electron chi connectivity index (χ1n) is 8.22. The average Bonchev–Trinajstić information content (AvgIpc) is 2.52. The lowest BCUT2D eigenvalue weighted by Gasteiger charge is -2.32. The molecule has 21 heavy (non-hydrogen) atoms. The van der Waals surface area contributed by atoms with E-state index in [1.807, 2.05) is 0 Å². The lowest BCUT2D eigenvalue weighted by molar-refractivity contribution is -0.120. The molecule has 1 aliphatic rings. The van der Waals surface area contributed by atoms with Crippen LogP contribution in [0.15, 0.2) is 30.3 Å². The number of benzene rings is 1. The summed E-state index contributed by atoms with van der Waals surface area (Å²) >= 11 is 0. The molecule has 0 aromatic heterocycles. The molecule has 1 aliphatic carbocycles. The molecule has 1 amide bonds. The molecule has 2 rings (SSSR count).